The lowest BCUT2D eigenvalue weighted by atomic mass is 9.78. The van der Waals surface area contributed by atoms with Crippen LogP contribution in [0.4, 0.5) is 4.79 Å². The molecule has 1 aromatic rings. The summed E-state index contributed by atoms with van der Waals surface area (Å²) in [5.74, 6) is 1.62. The van der Waals surface area contributed by atoms with Crippen LogP contribution < -0.4 is 10.6 Å². The van der Waals surface area contributed by atoms with E-state index in [1.54, 1.807) is 0 Å². The average molecular weight is 347 g/mol. The van der Waals surface area contributed by atoms with Crippen LogP contribution in [-0.2, 0) is 4.74 Å². The van der Waals surface area contributed by atoms with Crippen LogP contribution in [0.2, 0.25) is 0 Å². The van der Waals surface area contributed by atoms with E-state index in [0.717, 1.165) is 19.5 Å². The highest BCUT2D eigenvalue weighted by Crippen LogP contribution is 2.31. The number of carbonyl (C=O) groups excluding carboxylic acids is 1. The molecule has 0 unspecified atom stereocenters. The van der Waals surface area contributed by atoms with Gasteiger partial charge in [-0.15, -0.1) is 0 Å². The van der Waals surface area contributed by atoms with Crippen molar-refractivity contribution in [3.05, 3.63) is 35.9 Å². The molecule has 0 aromatic heterocycles. The Kier molecular flexibility index (Phi) is 7.30. The topological polar surface area (TPSA) is 50.4 Å². The first-order valence-corrected chi connectivity index (χ1v) is 9.57. The number of benzene rings is 1. The standard InChI is InChI=1S/C21H34N2O2/c1-16(17-8-6-5-7-9-17)14-19(18-10-12-22-13-11-18)15-23-20(24)25-21(2,3)4/h5-9,16,18-19,22H,10-15H2,1-4H3,(H,23,24)/t16-,19-/m1/s1. The molecule has 1 heterocycles. The molecule has 1 aromatic carbocycles. The highest BCUT2D eigenvalue weighted by atomic mass is 16.6. The van der Waals surface area contributed by atoms with Crippen molar-refractivity contribution in [2.24, 2.45) is 11.8 Å². The molecule has 0 bridgehead atoms. The van der Waals surface area contributed by atoms with Crippen LogP contribution >= 0.6 is 0 Å². The molecule has 2 N–H and O–H groups in total. The largest absolute Gasteiger partial charge is 0.444 e. The van der Waals surface area contributed by atoms with E-state index in [2.05, 4.69) is 47.9 Å². The zero-order chi connectivity index (χ0) is 18.3. The maximum absolute atomic E-state index is 12.1. The van der Waals surface area contributed by atoms with Crippen molar-refractivity contribution in [3.63, 3.8) is 0 Å². The maximum Gasteiger partial charge on any atom is 0.407 e. The molecule has 1 fully saturated rings. The Labute approximate surface area is 152 Å². The van der Waals surface area contributed by atoms with Crippen LogP contribution in [0.5, 0.6) is 0 Å². The van der Waals surface area contributed by atoms with Crippen molar-refractivity contribution in [3.8, 4) is 0 Å². The first kappa shape index (κ1) is 19.8. The molecule has 4 heteroatoms. The third-order valence-electron chi connectivity index (χ3n) is 4.98. The fourth-order valence-corrected chi connectivity index (χ4v) is 3.66. The highest BCUT2D eigenvalue weighted by molar-refractivity contribution is 5.67. The minimum atomic E-state index is -0.453. The Morgan fingerprint density at radius 3 is 2.48 bits per heavy atom. The maximum atomic E-state index is 12.1. The molecule has 0 radical (unpaired) electrons. The normalized spacial score (nSPS) is 18.4. The number of piperidine rings is 1. The van der Waals surface area contributed by atoms with Crippen LogP contribution in [0.25, 0.3) is 0 Å². The quantitative estimate of drug-likeness (QED) is 0.806. The van der Waals surface area contributed by atoms with Gasteiger partial charge in [0.1, 0.15) is 5.60 Å². The number of nitrogens with one attached hydrogen (secondary N) is 2. The van der Waals surface area contributed by atoms with Gasteiger partial charge in [-0.3, -0.25) is 0 Å². The summed E-state index contributed by atoms with van der Waals surface area (Å²) in [7, 11) is 0. The van der Waals surface area contributed by atoms with Gasteiger partial charge in [-0.1, -0.05) is 37.3 Å². The van der Waals surface area contributed by atoms with Crippen molar-refractivity contribution in [2.75, 3.05) is 19.6 Å². The van der Waals surface area contributed by atoms with E-state index in [9.17, 15) is 4.79 Å². The third kappa shape index (κ3) is 7.07. The van der Waals surface area contributed by atoms with Crippen LogP contribution in [0.15, 0.2) is 30.3 Å². The molecule has 2 rings (SSSR count). The molecule has 1 amide bonds. The third-order valence-corrected chi connectivity index (χ3v) is 4.98. The van der Waals surface area contributed by atoms with Gasteiger partial charge < -0.3 is 15.4 Å². The number of alkyl carbamates (subject to hydrolysis) is 1. The van der Waals surface area contributed by atoms with E-state index in [-0.39, 0.29) is 6.09 Å². The summed E-state index contributed by atoms with van der Waals surface area (Å²) < 4.78 is 5.40. The van der Waals surface area contributed by atoms with E-state index in [1.807, 2.05) is 20.8 Å². The monoisotopic (exact) mass is 346 g/mol. The van der Waals surface area contributed by atoms with Crippen molar-refractivity contribution in [1.29, 1.82) is 0 Å². The van der Waals surface area contributed by atoms with Crippen molar-refractivity contribution in [2.45, 2.75) is 58.5 Å². The second-order valence-corrected chi connectivity index (χ2v) is 8.28. The molecule has 140 valence electrons. The van der Waals surface area contributed by atoms with Gasteiger partial charge in [-0.2, -0.15) is 0 Å². The van der Waals surface area contributed by atoms with Gasteiger partial charge in [-0.05, 0) is 76.4 Å². The van der Waals surface area contributed by atoms with E-state index in [4.69, 9.17) is 4.74 Å². The van der Waals surface area contributed by atoms with Gasteiger partial charge in [0.25, 0.3) is 0 Å². The summed E-state index contributed by atoms with van der Waals surface area (Å²) >= 11 is 0. The summed E-state index contributed by atoms with van der Waals surface area (Å²) in [6, 6.07) is 10.7. The predicted octanol–water partition coefficient (Wildman–Crippen LogP) is 4.32. The summed E-state index contributed by atoms with van der Waals surface area (Å²) in [5.41, 5.74) is 0.921. The molecular formula is C21H34N2O2. The lowest BCUT2D eigenvalue weighted by molar-refractivity contribution is 0.0507. The predicted molar refractivity (Wildman–Crippen MR) is 103 cm³/mol. The zero-order valence-electron chi connectivity index (χ0n) is 16.2. The molecule has 4 nitrogen and oxygen atoms in total. The summed E-state index contributed by atoms with van der Waals surface area (Å²) in [5, 5.41) is 6.45. The molecule has 0 aliphatic carbocycles. The summed E-state index contributed by atoms with van der Waals surface area (Å²) in [6.07, 6.45) is 3.15. The first-order valence-electron chi connectivity index (χ1n) is 9.57. The molecule has 2 atom stereocenters. The molecular weight excluding hydrogens is 312 g/mol. The number of carbonyl (C=O) groups is 1. The van der Waals surface area contributed by atoms with Gasteiger partial charge in [-0.25, -0.2) is 4.79 Å². The smallest absolute Gasteiger partial charge is 0.407 e. The van der Waals surface area contributed by atoms with Crippen LogP contribution in [-0.4, -0.2) is 31.3 Å². The number of amides is 1. The van der Waals surface area contributed by atoms with Crippen LogP contribution in [0.1, 0.15) is 58.4 Å². The minimum absolute atomic E-state index is 0.307. The number of hydrogen-bond donors (Lipinski definition) is 2. The van der Waals surface area contributed by atoms with Crippen LogP contribution in [0, 0.1) is 11.8 Å². The van der Waals surface area contributed by atoms with Crippen molar-refractivity contribution < 1.29 is 9.53 Å². The van der Waals surface area contributed by atoms with E-state index >= 15 is 0 Å². The minimum Gasteiger partial charge on any atom is -0.444 e. The van der Waals surface area contributed by atoms with Gasteiger partial charge in [0.05, 0.1) is 0 Å². The summed E-state index contributed by atoms with van der Waals surface area (Å²) in [6.45, 7) is 10.8. The number of rotatable bonds is 6. The fourth-order valence-electron chi connectivity index (χ4n) is 3.66. The lowest BCUT2D eigenvalue weighted by Crippen LogP contribution is -2.40. The van der Waals surface area contributed by atoms with Gasteiger partial charge in [0.2, 0.25) is 0 Å². The molecule has 1 aliphatic heterocycles. The van der Waals surface area contributed by atoms with Crippen molar-refractivity contribution in [1.82, 2.24) is 10.6 Å². The average Bonchev–Trinajstić information content (AvgIpc) is 2.58. The number of ether oxygens (including phenoxy) is 1. The van der Waals surface area contributed by atoms with Gasteiger partial charge in [0, 0.05) is 6.54 Å². The van der Waals surface area contributed by atoms with Gasteiger partial charge >= 0.3 is 6.09 Å². The van der Waals surface area contributed by atoms with E-state index < -0.39 is 5.60 Å². The van der Waals surface area contributed by atoms with Gasteiger partial charge in [0.15, 0.2) is 0 Å². The molecule has 1 saturated heterocycles. The fraction of sp³-hybridized carbons (Fsp3) is 0.667. The highest BCUT2D eigenvalue weighted by Gasteiger charge is 2.27. The first-order chi connectivity index (χ1) is 11.8. The molecule has 1 aliphatic rings. The number of hydrogen-bond acceptors (Lipinski definition) is 3. The molecule has 0 saturated carbocycles. The van der Waals surface area contributed by atoms with Crippen molar-refractivity contribution >= 4 is 6.09 Å². The molecule has 0 spiro atoms. The Hall–Kier alpha value is -1.55. The Morgan fingerprint density at radius 1 is 1.24 bits per heavy atom. The Morgan fingerprint density at radius 2 is 1.88 bits per heavy atom. The zero-order valence-corrected chi connectivity index (χ0v) is 16.2. The Balaban J connectivity index is 1.96. The van der Waals surface area contributed by atoms with E-state index in [0.29, 0.717) is 24.3 Å². The Bertz CT molecular complexity index is 518. The van der Waals surface area contributed by atoms with E-state index in [1.165, 1.54) is 18.4 Å². The SMILES string of the molecule is C[C@H](C[C@H](CNC(=O)OC(C)(C)C)C1CCNCC1)c1ccccc1. The van der Waals surface area contributed by atoms with Crippen LogP contribution in [0.3, 0.4) is 0 Å². The lowest BCUT2D eigenvalue weighted by Gasteiger charge is -2.33. The second kappa shape index (κ2) is 9.23. The molecule has 25 heavy (non-hydrogen) atoms. The summed E-state index contributed by atoms with van der Waals surface area (Å²) in [4.78, 5) is 12.1. The second-order valence-electron chi connectivity index (χ2n) is 8.28.